The number of nitrogens with zero attached hydrogens (tertiary/aromatic N) is 2. The van der Waals surface area contributed by atoms with Crippen LogP contribution in [0.5, 0.6) is 0 Å². The molecule has 0 fully saturated rings. The summed E-state index contributed by atoms with van der Waals surface area (Å²) >= 11 is 0. The molecule has 1 aromatic carbocycles. The number of aromatic nitrogens is 2. The molecule has 1 aliphatic heterocycles. The number of hydrogen-bond donors (Lipinski definition) is 3. The first-order valence-electron chi connectivity index (χ1n) is 6.45. The summed E-state index contributed by atoms with van der Waals surface area (Å²) < 4.78 is 14.4. The van der Waals surface area contributed by atoms with Gasteiger partial charge in [-0.3, -0.25) is 4.79 Å². The molecule has 1 atom stereocenters. The van der Waals surface area contributed by atoms with Gasteiger partial charge in [-0.2, -0.15) is 9.97 Å². The number of carbonyl (C=O) groups excluding carboxylic acids is 1. The fourth-order valence-corrected chi connectivity index (χ4v) is 2.62. The minimum Gasteiger partial charge on any atom is -0.383 e. The topological polar surface area (TPSA) is 107 Å². The van der Waals surface area contributed by atoms with Gasteiger partial charge in [0, 0.05) is 17.9 Å². The van der Waals surface area contributed by atoms with Gasteiger partial charge < -0.3 is 16.8 Å². The highest BCUT2D eigenvalue weighted by Crippen LogP contribution is 2.40. The van der Waals surface area contributed by atoms with Crippen LogP contribution in [0.25, 0.3) is 0 Å². The Balaban J connectivity index is 2.22. The molecule has 6 nitrogen and oxygen atoms in total. The van der Waals surface area contributed by atoms with E-state index in [-0.39, 0.29) is 35.7 Å². The third-order valence-electron chi connectivity index (χ3n) is 3.59. The second kappa shape index (κ2) is 4.69. The molecular weight excluding hydrogens is 273 g/mol. The molecule has 5 N–H and O–H groups in total. The summed E-state index contributed by atoms with van der Waals surface area (Å²) in [6, 6.07) is 5.06. The van der Waals surface area contributed by atoms with E-state index < -0.39 is 5.92 Å². The predicted octanol–water partition coefficient (Wildman–Crippen LogP) is 1.56. The fourth-order valence-electron chi connectivity index (χ4n) is 2.62. The van der Waals surface area contributed by atoms with Gasteiger partial charge in [0.2, 0.25) is 11.9 Å². The van der Waals surface area contributed by atoms with Gasteiger partial charge in [-0.05, 0) is 18.1 Å². The van der Waals surface area contributed by atoms with E-state index in [1.54, 1.807) is 25.1 Å². The van der Waals surface area contributed by atoms with Crippen LogP contribution >= 0.6 is 0 Å². The molecule has 2 aromatic rings. The Hall–Kier alpha value is -2.70. The second-order valence-corrected chi connectivity index (χ2v) is 5.01. The summed E-state index contributed by atoms with van der Waals surface area (Å²) in [5.74, 6) is -0.748. The van der Waals surface area contributed by atoms with E-state index in [0.29, 0.717) is 16.7 Å². The summed E-state index contributed by atoms with van der Waals surface area (Å²) in [6.07, 6.45) is 0.0881. The van der Waals surface area contributed by atoms with Crippen molar-refractivity contribution in [1.82, 2.24) is 9.97 Å². The first-order chi connectivity index (χ1) is 9.97. The summed E-state index contributed by atoms with van der Waals surface area (Å²) in [6.45, 7) is 1.67. The Labute approximate surface area is 120 Å². The number of amides is 1. The molecule has 0 aliphatic carbocycles. The second-order valence-electron chi connectivity index (χ2n) is 5.01. The molecule has 0 spiro atoms. The maximum Gasteiger partial charge on any atom is 0.226 e. The predicted molar refractivity (Wildman–Crippen MR) is 77.1 cm³/mol. The van der Waals surface area contributed by atoms with Crippen molar-refractivity contribution >= 4 is 23.5 Å². The maximum absolute atomic E-state index is 14.4. The van der Waals surface area contributed by atoms with Crippen molar-refractivity contribution in [2.75, 3.05) is 16.8 Å². The molecule has 1 aromatic heterocycles. The lowest BCUT2D eigenvalue weighted by Gasteiger charge is -2.26. The molecule has 108 valence electrons. The summed E-state index contributed by atoms with van der Waals surface area (Å²) in [5.41, 5.74) is 12.9. The smallest absolute Gasteiger partial charge is 0.226 e. The van der Waals surface area contributed by atoms with E-state index in [4.69, 9.17) is 11.5 Å². The number of aryl methyl sites for hydroxylation is 1. The van der Waals surface area contributed by atoms with E-state index in [0.717, 1.165) is 0 Å². The lowest BCUT2D eigenvalue weighted by Crippen LogP contribution is -2.27. The standard InChI is InChI=1S/C14H14FN5O/c1-6-3-2-4-7(11(6)15)8-5-9(21)18-13-10(8)12(16)19-14(17)20-13/h2-4,8H,5H2,1H3,(H5,16,17,18,19,20,21)/t8-/m1/s1. The van der Waals surface area contributed by atoms with Crippen molar-refractivity contribution in [2.24, 2.45) is 0 Å². The van der Waals surface area contributed by atoms with Gasteiger partial charge >= 0.3 is 0 Å². The van der Waals surface area contributed by atoms with Crippen molar-refractivity contribution < 1.29 is 9.18 Å². The molecule has 7 heteroatoms. The van der Waals surface area contributed by atoms with Crippen molar-refractivity contribution in [1.29, 1.82) is 0 Å². The average molecular weight is 287 g/mol. The van der Waals surface area contributed by atoms with Crippen LogP contribution in [0.15, 0.2) is 18.2 Å². The zero-order valence-electron chi connectivity index (χ0n) is 11.4. The number of fused-ring (bicyclic) bond motifs is 1. The Morgan fingerprint density at radius 3 is 2.86 bits per heavy atom. The van der Waals surface area contributed by atoms with Gasteiger partial charge in [0.25, 0.3) is 0 Å². The van der Waals surface area contributed by atoms with Crippen LogP contribution in [-0.4, -0.2) is 15.9 Å². The van der Waals surface area contributed by atoms with E-state index >= 15 is 0 Å². The first-order valence-corrected chi connectivity index (χ1v) is 6.45. The number of carbonyl (C=O) groups is 1. The van der Waals surface area contributed by atoms with Crippen LogP contribution in [0.2, 0.25) is 0 Å². The third-order valence-corrected chi connectivity index (χ3v) is 3.59. The number of hydrogen-bond acceptors (Lipinski definition) is 5. The quantitative estimate of drug-likeness (QED) is 0.738. The van der Waals surface area contributed by atoms with Crippen LogP contribution < -0.4 is 16.8 Å². The van der Waals surface area contributed by atoms with Crippen LogP contribution in [0.1, 0.15) is 29.0 Å². The van der Waals surface area contributed by atoms with Crippen LogP contribution in [0.4, 0.5) is 22.0 Å². The molecule has 3 rings (SSSR count). The highest BCUT2D eigenvalue weighted by atomic mass is 19.1. The molecule has 0 saturated heterocycles. The Morgan fingerprint density at radius 2 is 2.10 bits per heavy atom. The number of rotatable bonds is 1. The highest BCUT2D eigenvalue weighted by molar-refractivity contribution is 5.95. The van der Waals surface area contributed by atoms with Crippen molar-refractivity contribution in [3.05, 3.63) is 40.7 Å². The maximum atomic E-state index is 14.4. The highest BCUT2D eigenvalue weighted by Gasteiger charge is 2.32. The molecule has 1 aliphatic rings. The minimum atomic E-state index is -0.519. The van der Waals surface area contributed by atoms with Gasteiger partial charge in [-0.15, -0.1) is 0 Å². The number of nitrogen functional groups attached to an aromatic ring is 2. The Morgan fingerprint density at radius 1 is 1.33 bits per heavy atom. The lowest BCUT2D eigenvalue weighted by atomic mass is 9.85. The zero-order chi connectivity index (χ0) is 15.1. The van der Waals surface area contributed by atoms with Crippen molar-refractivity contribution in [3.63, 3.8) is 0 Å². The summed E-state index contributed by atoms with van der Waals surface area (Å²) in [7, 11) is 0. The fraction of sp³-hybridized carbons (Fsp3) is 0.214. The number of nitrogens with one attached hydrogen (secondary N) is 1. The number of anilines is 3. The van der Waals surface area contributed by atoms with Gasteiger partial charge in [0.1, 0.15) is 17.5 Å². The molecule has 0 radical (unpaired) electrons. The minimum absolute atomic E-state index is 0.0306. The molecule has 2 heterocycles. The third kappa shape index (κ3) is 2.16. The van der Waals surface area contributed by atoms with Crippen LogP contribution in [0, 0.1) is 12.7 Å². The summed E-state index contributed by atoms with van der Waals surface area (Å²) in [5, 5.41) is 2.60. The van der Waals surface area contributed by atoms with Gasteiger partial charge in [-0.25, -0.2) is 4.39 Å². The Kier molecular flexibility index (Phi) is 2.97. The number of benzene rings is 1. The SMILES string of the molecule is Cc1cccc([C@H]2CC(=O)Nc3nc(N)nc(N)c32)c1F. The van der Waals surface area contributed by atoms with Crippen molar-refractivity contribution in [3.8, 4) is 0 Å². The molecule has 0 unspecified atom stereocenters. The first kappa shape index (κ1) is 13.3. The summed E-state index contributed by atoms with van der Waals surface area (Å²) in [4.78, 5) is 19.7. The van der Waals surface area contributed by atoms with Crippen molar-refractivity contribution in [2.45, 2.75) is 19.3 Å². The van der Waals surface area contributed by atoms with Crippen LogP contribution in [0.3, 0.4) is 0 Å². The number of halogens is 1. The van der Waals surface area contributed by atoms with Gasteiger partial charge in [0.15, 0.2) is 0 Å². The van der Waals surface area contributed by atoms with E-state index in [1.165, 1.54) is 0 Å². The Bertz CT molecular complexity index is 746. The lowest BCUT2D eigenvalue weighted by molar-refractivity contribution is -0.116. The van der Waals surface area contributed by atoms with E-state index in [1.807, 2.05) is 0 Å². The molecule has 0 saturated carbocycles. The molecule has 21 heavy (non-hydrogen) atoms. The zero-order valence-corrected chi connectivity index (χ0v) is 11.4. The molecule has 0 bridgehead atoms. The molecule has 1 amide bonds. The van der Waals surface area contributed by atoms with Gasteiger partial charge in [0.05, 0.1) is 0 Å². The largest absolute Gasteiger partial charge is 0.383 e. The van der Waals surface area contributed by atoms with E-state index in [2.05, 4.69) is 15.3 Å². The van der Waals surface area contributed by atoms with Gasteiger partial charge in [-0.1, -0.05) is 18.2 Å². The normalized spacial score (nSPS) is 17.2. The van der Waals surface area contributed by atoms with Crippen LogP contribution in [-0.2, 0) is 4.79 Å². The molecular formula is C14H14FN5O. The van der Waals surface area contributed by atoms with E-state index in [9.17, 15) is 9.18 Å². The number of nitrogens with two attached hydrogens (primary N) is 2. The average Bonchev–Trinajstić information content (AvgIpc) is 2.40. The monoisotopic (exact) mass is 287 g/mol.